The Balaban J connectivity index is 1.73. The highest BCUT2D eigenvalue weighted by Gasteiger charge is 2.10. The molecule has 0 aliphatic rings. The fourth-order valence-electron chi connectivity index (χ4n) is 2.65. The number of esters is 3. The van der Waals surface area contributed by atoms with Gasteiger partial charge >= 0.3 is 17.9 Å². The molecule has 0 amide bonds. The van der Waals surface area contributed by atoms with Crippen molar-refractivity contribution in [3.05, 3.63) is 109 Å². The minimum atomic E-state index is -0.610. The number of hydrogen-bond donors (Lipinski definition) is 0. The van der Waals surface area contributed by atoms with Gasteiger partial charge in [-0.05, 0) is 73.5 Å². The molecule has 0 unspecified atom stereocenters. The van der Waals surface area contributed by atoms with Gasteiger partial charge in [-0.3, -0.25) is 0 Å². The summed E-state index contributed by atoms with van der Waals surface area (Å²) in [6.45, 7) is 11.4. The quantitative estimate of drug-likeness (QED) is 0.0889. The Hall–Kier alpha value is -4.59. The van der Waals surface area contributed by atoms with Crippen LogP contribution in [0.15, 0.2) is 98.0 Å². The van der Waals surface area contributed by atoms with Crippen LogP contribution in [-0.4, -0.2) is 38.2 Å². The zero-order chi connectivity index (χ0) is 26.3. The van der Waals surface area contributed by atoms with Gasteiger partial charge in [-0.15, -0.1) is 0 Å². The van der Waals surface area contributed by atoms with Crippen molar-refractivity contribution >= 4 is 17.9 Å². The summed E-state index contributed by atoms with van der Waals surface area (Å²) < 4.78 is 25.9. The molecule has 0 saturated carbocycles. The molecule has 0 spiro atoms. The van der Waals surface area contributed by atoms with Gasteiger partial charge in [-0.2, -0.15) is 0 Å². The van der Waals surface area contributed by atoms with Crippen LogP contribution in [0.1, 0.15) is 33.6 Å². The van der Waals surface area contributed by atoms with E-state index in [1.54, 1.807) is 48.5 Å². The lowest BCUT2D eigenvalue weighted by Gasteiger charge is -2.08. The maximum atomic E-state index is 12.3. The van der Waals surface area contributed by atoms with Crippen molar-refractivity contribution in [3.8, 4) is 11.5 Å². The number of carbonyl (C=O) groups is 3. The molecule has 0 aromatic heterocycles. The average molecular weight is 493 g/mol. The van der Waals surface area contributed by atoms with E-state index in [0.29, 0.717) is 48.7 Å². The van der Waals surface area contributed by atoms with Gasteiger partial charge in [0.1, 0.15) is 23.0 Å². The minimum absolute atomic E-state index is 0.0409. The summed E-state index contributed by atoms with van der Waals surface area (Å²) in [6.07, 6.45) is 5.21. The predicted octanol–water partition coefficient (Wildman–Crippen LogP) is 5.18. The van der Waals surface area contributed by atoms with Gasteiger partial charge in [0.15, 0.2) is 0 Å². The Kier molecular flexibility index (Phi) is 11.2. The Labute approximate surface area is 210 Å². The fraction of sp³-hybridized carbons (Fsp3) is 0.179. The third-order valence-corrected chi connectivity index (χ3v) is 4.54. The van der Waals surface area contributed by atoms with E-state index in [4.69, 9.17) is 23.7 Å². The van der Waals surface area contributed by atoms with Crippen LogP contribution >= 0.6 is 0 Å². The molecule has 2 aromatic rings. The monoisotopic (exact) mass is 492 g/mol. The van der Waals surface area contributed by atoms with Gasteiger partial charge in [-0.25, -0.2) is 14.4 Å². The maximum absolute atomic E-state index is 12.3. The van der Waals surface area contributed by atoms with Crippen molar-refractivity contribution in [2.24, 2.45) is 0 Å². The van der Waals surface area contributed by atoms with E-state index in [0.717, 1.165) is 6.08 Å². The first-order chi connectivity index (χ1) is 17.3. The van der Waals surface area contributed by atoms with Gasteiger partial charge in [-0.1, -0.05) is 19.7 Å². The molecule has 0 heterocycles. The number of carbonyl (C=O) groups excluding carboxylic acids is 3. The van der Waals surface area contributed by atoms with E-state index in [-0.39, 0.29) is 11.5 Å². The molecule has 8 nitrogen and oxygen atoms in total. The molecule has 0 aliphatic heterocycles. The second-order valence-corrected chi connectivity index (χ2v) is 7.23. The third-order valence-electron chi connectivity index (χ3n) is 4.54. The summed E-state index contributed by atoms with van der Waals surface area (Å²) >= 11 is 0. The normalized spacial score (nSPS) is 10.2. The van der Waals surface area contributed by atoms with E-state index >= 15 is 0 Å². The van der Waals surface area contributed by atoms with Crippen molar-refractivity contribution in [1.29, 1.82) is 0 Å². The van der Waals surface area contributed by atoms with Crippen LogP contribution in [-0.2, 0) is 19.0 Å². The zero-order valence-electron chi connectivity index (χ0n) is 20.1. The van der Waals surface area contributed by atoms with Crippen molar-refractivity contribution in [1.82, 2.24) is 0 Å². The van der Waals surface area contributed by atoms with E-state index < -0.39 is 17.9 Å². The van der Waals surface area contributed by atoms with Gasteiger partial charge < -0.3 is 23.7 Å². The molecule has 0 saturated heterocycles. The number of allylic oxidation sites excluding steroid dienone is 2. The lowest BCUT2D eigenvalue weighted by molar-refractivity contribution is -0.137. The largest absolute Gasteiger partial charge is 0.497 e. The zero-order valence-corrected chi connectivity index (χ0v) is 20.1. The number of benzene rings is 2. The first-order valence-corrected chi connectivity index (χ1v) is 11.0. The Bertz CT molecular complexity index is 1110. The molecular formula is C28H28O8. The molecular weight excluding hydrogens is 464 g/mol. The Morgan fingerprint density at radius 1 is 0.750 bits per heavy atom. The number of ether oxygens (including phenoxy) is 5. The molecule has 2 aromatic carbocycles. The molecule has 0 radical (unpaired) electrons. The maximum Gasteiger partial charge on any atom is 0.343 e. The van der Waals surface area contributed by atoms with Crippen LogP contribution in [0.25, 0.3) is 0 Å². The van der Waals surface area contributed by atoms with Crippen LogP contribution in [0.4, 0.5) is 0 Å². The molecule has 0 bridgehead atoms. The van der Waals surface area contributed by atoms with Crippen molar-refractivity contribution in [2.45, 2.75) is 12.8 Å². The SMILES string of the molecule is C=CC(=O)OCCCCOc1ccc(C(=O)OC(=C)/C=C\C(=C)OC(=O)c2ccc(OC)cc2)cc1. The molecule has 0 fully saturated rings. The molecule has 36 heavy (non-hydrogen) atoms. The van der Waals surface area contributed by atoms with Gasteiger partial charge in [0.25, 0.3) is 0 Å². The fourth-order valence-corrected chi connectivity index (χ4v) is 2.65. The second-order valence-electron chi connectivity index (χ2n) is 7.23. The third kappa shape index (κ3) is 9.72. The second kappa shape index (κ2) is 14.6. The van der Waals surface area contributed by atoms with Crippen molar-refractivity contribution < 1.29 is 38.1 Å². The van der Waals surface area contributed by atoms with Gasteiger partial charge in [0, 0.05) is 6.08 Å². The number of methoxy groups -OCH3 is 1. The number of unbranched alkanes of at least 4 members (excludes halogenated alkanes) is 1. The van der Waals surface area contributed by atoms with Gasteiger partial charge in [0.2, 0.25) is 0 Å². The summed E-state index contributed by atoms with van der Waals surface area (Å²) in [4.78, 5) is 35.4. The van der Waals surface area contributed by atoms with Crippen LogP contribution < -0.4 is 9.47 Å². The Morgan fingerprint density at radius 2 is 1.22 bits per heavy atom. The van der Waals surface area contributed by atoms with Crippen molar-refractivity contribution in [2.75, 3.05) is 20.3 Å². The molecule has 0 atom stereocenters. The van der Waals surface area contributed by atoms with E-state index in [2.05, 4.69) is 19.7 Å². The molecule has 2 rings (SSSR count). The molecule has 8 heteroatoms. The standard InChI is InChI=1S/C28H28O8/c1-5-26(29)34-19-7-6-18-33-25-16-12-23(13-17-25)28(31)36-21(3)9-8-20(2)35-27(30)22-10-14-24(32-4)15-11-22/h5,8-17H,1-3,6-7,18-19H2,4H3/b9-8-. The van der Waals surface area contributed by atoms with Gasteiger partial charge in [0.05, 0.1) is 31.5 Å². The lowest BCUT2D eigenvalue weighted by Crippen LogP contribution is -2.05. The highest BCUT2D eigenvalue weighted by Crippen LogP contribution is 2.16. The number of rotatable bonds is 14. The summed E-state index contributed by atoms with van der Waals surface area (Å²) in [7, 11) is 1.53. The predicted molar refractivity (Wildman–Crippen MR) is 134 cm³/mol. The summed E-state index contributed by atoms with van der Waals surface area (Å²) in [5.74, 6) is -0.355. The molecule has 0 aliphatic carbocycles. The van der Waals surface area contributed by atoms with E-state index in [1.807, 2.05) is 0 Å². The number of hydrogen-bond acceptors (Lipinski definition) is 8. The van der Waals surface area contributed by atoms with E-state index in [1.165, 1.54) is 19.3 Å². The molecule has 0 N–H and O–H groups in total. The summed E-state index contributed by atoms with van der Waals surface area (Å²) in [5, 5.41) is 0. The Morgan fingerprint density at radius 3 is 1.69 bits per heavy atom. The van der Waals surface area contributed by atoms with E-state index in [9.17, 15) is 14.4 Å². The van der Waals surface area contributed by atoms with Crippen LogP contribution in [0.3, 0.4) is 0 Å². The van der Waals surface area contributed by atoms with Crippen molar-refractivity contribution in [3.63, 3.8) is 0 Å². The van der Waals surface area contributed by atoms with Crippen LogP contribution in [0, 0.1) is 0 Å². The topological polar surface area (TPSA) is 97.4 Å². The highest BCUT2D eigenvalue weighted by molar-refractivity contribution is 5.91. The first-order valence-electron chi connectivity index (χ1n) is 11.0. The average Bonchev–Trinajstić information content (AvgIpc) is 2.89. The lowest BCUT2D eigenvalue weighted by atomic mass is 10.2. The van der Waals surface area contributed by atoms with Crippen LogP contribution in [0.2, 0.25) is 0 Å². The summed E-state index contributed by atoms with van der Waals surface area (Å²) in [5.41, 5.74) is 0.634. The minimum Gasteiger partial charge on any atom is -0.497 e. The smallest absolute Gasteiger partial charge is 0.343 e. The van der Waals surface area contributed by atoms with Crippen LogP contribution in [0.5, 0.6) is 11.5 Å². The molecule has 188 valence electrons. The first kappa shape index (κ1) is 27.7. The highest BCUT2D eigenvalue weighted by atomic mass is 16.5. The summed E-state index contributed by atoms with van der Waals surface area (Å²) in [6, 6.07) is 12.8.